The van der Waals surface area contributed by atoms with Gasteiger partial charge in [0, 0.05) is 17.8 Å². The lowest BCUT2D eigenvalue weighted by Gasteiger charge is -2.09. The van der Waals surface area contributed by atoms with E-state index in [0.29, 0.717) is 0 Å². The van der Waals surface area contributed by atoms with Gasteiger partial charge < -0.3 is 0 Å². The van der Waals surface area contributed by atoms with E-state index < -0.39 is 0 Å². The van der Waals surface area contributed by atoms with Gasteiger partial charge in [-0.05, 0) is 18.1 Å². The normalized spacial score (nSPS) is 12.4. The highest BCUT2D eigenvalue weighted by molar-refractivity contribution is 6.20. The number of aryl methyl sites for hydroxylation is 1. The summed E-state index contributed by atoms with van der Waals surface area (Å²) in [6, 6.07) is 12.1. The summed E-state index contributed by atoms with van der Waals surface area (Å²) in [7, 11) is 0. The molecule has 0 aliphatic heterocycles. The third-order valence-corrected chi connectivity index (χ3v) is 3.10. The molecule has 0 spiro atoms. The molecule has 0 radical (unpaired) electrons. The Balaban J connectivity index is 2.10. The van der Waals surface area contributed by atoms with E-state index >= 15 is 0 Å². The molecule has 1 heterocycles. The third kappa shape index (κ3) is 3.27. The van der Waals surface area contributed by atoms with Crippen LogP contribution in [-0.2, 0) is 12.8 Å². The zero-order chi connectivity index (χ0) is 12.1. The van der Waals surface area contributed by atoms with Crippen LogP contribution in [0.4, 0.5) is 0 Å². The SMILES string of the molecule is CCc1cc(CC(Cl)c2ccccc2)ncn1. The Morgan fingerprint density at radius 2 is 1.82 bits per heavy atom. The van der Waals surface area contributed by atoms with E-state index in [9.17, 15) is 0 Å². The van der Waals surface area contributed by atoms with Crippen molar-refractivity contribution in [2.75, 3.05) is 0 Å². The lowest BCUT2D eigenvalue weighted by Crippen LogP contribution is -2.00. The first-order valence-corrected chi connectivity index (χ1v) is 6.22. The van der Waals surface area contributed by atoms with Gasteiger partial charge in [0.05, 0.1) is 5.38 Å². The number of nitrogens with zero attached hydrogens (tertiary/aromatic N) is 2. The molecule has 2 rings (SSSR count). The molecule has 1 aromatic carbocycles. The third-order valence-electron chi connectivity index (χ3n) is 2.69. The van der Waals surface area contributed by atoms with E-state index in [1.54, 1.807) is 6.33 Å². The van der Waals surface area contributed by atoms with Crippen LogP contribution >= 0.6 is 11.6 Å². The maximum Gasteiger partial charge on any atom is 0.115 e. The Morgan fingerprint density at radius 3 is 2.53 bits per heavy atom. The van der Waals surface area contributed by atoms with Gasteiger partial charge >= 0.3 is 0 Å². The fourth-order valence-corrected chi connectivity index (χ4v) is 2.02. The smallest absolute Gasteiger partial charge is 0.115 e. The van der Waals surface area contributed by atoms with Gasteiger partial charge in [0.2, 0.25) is 0 Å². The summed E-state index contributed by atoms with van der Waals surface area (Å²) in [4.78, 5) is 8.44. The highest BCUT2D eigenvalue weighted by Gasteiger charge is 2.09. The molecule has 0 bridgehead atoms. The van der Waals surface area contributed by atoms with Gasteiger partial charge in [0.15, 0.2) is 0 Å². The largest absolute Gasteiger partial charge is 0.241 e. The molecule has 0 amide bonds. The Morgan fingerprint density at radius 1 is 1.12 bits per heavy atom. The summed E-state index contributed by atoms with van der Waals surface area (Å²) in [5.74, 6) is 0. The molecule has 0 saturated heterocycles. The number of rotatable bonds is 4. The monoisotopic (exact) mass is 246 g/mol. The van der Waals surface area contributed by atoms with Crippen LogP contribution in [0.1, 0.15) is 29.3 Å². The highest BCUT2D eigenvalue weighted by Crippen LogP contribution is 2.23. The Kier molecular flexibility index (Phi) is 4.10. The Bertz CT molecular complexity index is 471. The van der Waals surface area contributed by atoms with Gasteiger partial charge in [-0.2, -0.15) is 0 Å². The fraction of sp³-hybridized carbons (Fsp3) is 0.286. The van der Waals surface area contributed by atoms with Crippen LogP contribution in [0.15, 0.2) is 42.7 Å². The average Bonchev–Trinajstić information content (AvgIpc) is 2.40. The van der Waals surface area contributed by atoms with Crippen molar-refractivity contribution in [2.24, 2.45) is 0 Å². The highest BCUT2D eigenvalue weighted by atomic mass is 35.5. The first-order valence-electron chi connectivity index (χ1n) is 5.78. The molecule has 0 saturated carbocycles. The van der Waals surface area contributed by atoms with Gasteiger partial charge in [-0.25, -0.2) is 9.97 Å². The van der Waals surface area contributed by atoms with Gasteiger partial charge in [0.1, 0.15) is 6.33 Å². The van der Waals surface area contributed by atoms with E-state index in [2.05, 4.69) is 16.9 Å². The predicted molar refractivity (Wildman–Crippen MR) is 70.2 cm³/mol. The molecule has 1 aromatic heterocycles. The summed E-state index contributed by atoms with van der Waals surface area (Å²) >= 11 is 6.38. The first kappa shape index (κ1) is 12.1. The van der Waals surface area contributed by atoms with Crippen LogP contribution in [0.2, 0.25) is 0 Å². The van der Waals surface area contributed by atoms with Gasteiger partial charge in [-0.15, -0.1) is 11.6 Å². The van der Waals surface area contributed by atoms with Gasteiger partial charge in [0.25, 0.3) is 0 Å². The Labute approximate surface area is 107 Å². The minimum absolute atomic E-state index is 0.0317. The number of alkyl halides is 1. The number of hydrogen-bond donors (Lipinski definition) is 0. The molecule has 0 N–H and O–H groups in total. The zero-order valence-corrected chi connectivity index (χ0v) is 10.6. The summed E-state index contributed by atoms with van der Waals surface area (Å²) in [6.45, 7) is 2.08. The topological polar surface area (TPSA) is 25.8 Å². The number of halogens is 1. The summed E-state index contributed by atoms with van der Waals surface area (Å²) < 4.78 is 0. The van der Waals surface area contributed by atoms with Crippen molar-refractivity contribution in [1.29, 1.82) is 0 Å². The van der Waals surface area contributed by atoms with Gasteiger partial charge in [-0.1, -0.05) is 37.3 Å². The standard InChI is InChI=1S/C14H15ClN2/c1-2-12-8-13(17-10-16-12)9-14(15)11-6-4-3-5-7-11/h3-8,10,14H,2,9H2,1H3. The molecule has 88 valence electrons. The molecule has 0 fully saturated rings. The molecule has 17 heavy (non-hydrogen) atoms. The van der Waals surface area contributed by atoms with Crippen molar-refractivity contribution in [3.63, 3.8) is 0 Å². The van der Waals surface area contributed by atoms with Crippen molar-refractivity contribution in [3.8, 4) is 0 Å². The van der Waals surface area contributed by atoms with Crippen LogP contribution < -0.4 is 0 Å². The fourth-order valence-electron chi connectivity index (χ4n) is 1.71. The van der Waals surface area contributed by atoms with Crippen molar-refractivity contribution in [2.45, 2.75) is 25.1 Å². The molecule has 1 atom stereocenters. The van der Waals surface area contributed by atoms with E-state index in [1.807, 2.05) is 36.4 Å². The molecular formula is C14H15ClN2. The molecule has 0 aliphatic rings. The molecule has 2 nitrogen and oxygen atoms in total. The maximum atomic E-state index is 6.38. The van der Waals surface area contributed by atoms with E-state index in [1.165, 1.54) is 0 Å². The minimum atomic E-state index is -0.0317. The lowest BCUT2D eigenvalue weighted by atomic mass is 10.1. The van der Waals surface area contributed by atoms with Crippen LogP contribution in [0.3, 0.4) is 0 Å². The van der Waals surface area contributed by atoms with Crippen molar-refractivity contribution in [3.05, 3.63) is 59.7 Å². The lowest BCUT2D eigenvalue weighted by molar-refractivity contribution is 0.855. The molecular weight excluding hydrogens is 232 g/mol. The number of aromatic nitrogens is 2. The number of hydrogen-bond acceptors (Lipinski definition) is 2. The molecule has 1 unspecified atom stereocenters. The summed E-state index contributed by atoms with van der Waals surface area (Å²) in [6.07, 6.45) is 3.28. The minimum Gasteiger partial charge on any atom is -0.241 e. The Hall–Kier alpha value is -1.41. The molecule has 2 aromatic rings. The van der Waals surface area contributed by atoms with E-state index in [4.69, 9.17) is 11.6 Å². The summed E-state index contributed by atoms with van der Waals surface area (Å²) in [5, 5.41) is -0.0317. The van der Waals surface area contributed by atoms with E-state index in [-0.39, 0.29) is 5.38 Å². The van der Waals surface area contributed by atoms with E-state index in [0.717, 1.165) is 29.8 Å². The quantitative estimate of drug-likeness (QED) is 0.771. The van der Waals surface area contributed by atoms with Crippen LogP contribution in [-0.4, -0.2) is 9.97 Å². The second kappa shape index (κ2) is 5.78. The average molecular weight is 247 g/mol. The molecule has 3 heteroatoms. The summed E-state index contributed by atoms with van der Waals surface area (Å²) in [5.41, 5.74) is 3.19. The maximum absolute atomic E-state index is 6.38. The van der Waals surface area contributed by atoms with Crippen LogP contribution in [0.25, 0.3) is 0 Å². The first-order chi connectivity index (χ1) is 8.29. The number of benzene rings is 1. The molecule has 0 aliphatic carbocycles. The van der Waals surface area contributed by atoms with Crippen molar-refractivity contribution < 1.29 is 0 Å². The second-order valence-corrected chi connectivity index (χ2v) is 4.46. The predicted octanol–water partition coefficient (Wildman–Crippen LogP) is 3.56. The second-order valence-electron chi connectivity index (χ2n) is 3.94. The van der Waals surface area contributed by atoms with Crippen molar-refractivity contribution in [1.82, 2.24) is 9.97 Å². The zero-order valence-electron chi connectivity index (χ0n) is 9.81. The van der Waals surface area contributed by atoms with Crippen molar-refractivity contribution >= 4 is 11.6 Å². The van der Waals surface area contributed by atoms with Gasteiger partial charge in [-0.3, -0.25) is 0 Å². The van der Waals surface area contributed by atoms with Crippen LogP contribution in [0.5, 0.6) is 0 Å². The van der Waals surface area contributed by atoms with Crippen LogP contribution in [0, 0.1) is 0 Å².